The number of aliphatic hydroxyl groups excluding tert-OH is 1. The van der Waals surface area contributed by atoms with E-state index in [2.05, 4.69) is 0 Å². The molecule has 128 valence electrons. The molecule has 0 heterocycles. The van der Waals surface area contributed by atoms with Crippen LogP contribution in [0.3, 0.4) is 0 Å². The van der Waals surface area contributed by atoms with E-state index >= 15 is 0 Å². The standard InChI is InChI=1S/C19H23NO4/c1-14-11-16(24-13-15-7-5-4-6-8-15)9-10-17(14)18(21)12-19(22)20(2)23-3/h4-11,18,21H,12-13H2,1-3H3. The predicted molar refractivity (Wildman–Crippen MR) is 91.3 cm³/mol. The Morgan fingerprint density at radius 1 is 1.21 bits per heavy atom. The van der Waals surface area contributed by atoms with Crippen LogP contribution in [0.5, 0.6) is 5.75 Å². The van der Waals surface area contributed by atoms with Crippen LogP contribution in [0, 0.1) is 6.92 Å². The third-order valence-electron chi connectivity index (χ3n) is 3.84. The number of benzene rings is 2. The molecule has 5 heteroatoms. The summed E-state index contributed by atoms with van der Waals surface area (Å²) in [5, 5.41) is 11.4. The highest BCUT2D eigenvalue weighted by atomic mass is 16.7. The highest BCUT2D eigenvalue weighted by Gasteiger charge is 2.18. The molecular formula is C19H23NO4. The molecule has 0 aliphatic heterocycles. The zero-order valence-corrected chi connectivity index (χ0v) is 14.2. The maximum atomic E-state index is 11.8. The monoisotopic (exact) mass is 329 g/mol. The molecule has 0 saturated carbocycles. The number of aryl methyl sites for hydroxylation is 1. The summed E-state index contributed by atoms with van der Waals surface area (Å²) < 4.78 is 5.77. The Morgan fingerprint density at radius 2 is 1.92 bits per heavy atom. The third kappa shape index (κ3) is 4.81. The van der Waals surface area contributed by atoms with E-state index in [1.54, 1.807) is 12.1 Å². The van der Waals surface area contributed by atoms with Crippen LogP contribution in [0.15, 0.2) is 48.5 Å². The van der Waals surface area contributed by atoms with Crippen LogP contribution in [0.1, 0.15) is 29.2 Å². The molecule has 24 heavy (non-hydrogen) atoms. The highest BCUT2D eigenvalue weighted by molar-refractivity contribution is 5.75. The molecule has 0 saturated heterocycles. The number of nitrogens with zero attached hydrogens (tertiary/aromatic N) is 1. The minimum atomic E-state index is -0.877. The second kappa shape index (κ2) is 8.47. The molecule has 0 radical (unpaired) electrons. The maximum absolute atomic E-state index is 11.8. The Labute approximate surface area is 142 Å². The van der Waals surface area contributed by atoms with Crippen LogP contribution in [0.4, 0.5) is 0 Å². The second-order valence-electron chi connectivity index (χ2n) is 5.59. The van der Waals surface area contributed by atoms with Crippen LogP contribution < -0.4 is 4.74 Å². The van der Waals surface area contributed by atoms with Gasteiger partial charge in [0.2, 0.25) is 5.91 Å². The average molecular weight is 329 g/mol. The van der Waals surface area contributed by atoms with E-state index < -0.39 is 6.10 Å². The molecule has 2 aromatic rings. The first-order valence-electron chi connectivity index (χ1n) is 7.77. The number of carbonyl (C=O) groups is 1. The van der Waals surface area contributed by atoms with Gasteiger partial charge in [-0.25, -0.2) is 5.06 Å². The van der Waals surface area contributed by atoms with Gasteiger partial charge in [-0.3, -0.25) is 9.63 Å². The molecule has 5 nitrogen and oxygen atoms in total. The van der Waals surface area contributed by atoms with Crippen molar-refractivity contribution in [2.45, 2.75) is 26.1 Å². The number of ether oxygens (including phenoxy) is 1. The molecule has 0 spiro atoms. The summed E-state index contributed by atoms with van der Waals surface area (Å²) in [6, 6.07) is 15.4. The van der Waals surface area contributed by atoms with Gasteiger partial charge in [-0.05, 0) is 35.7 Å². The summed E-state index contributed by atoms with van der Waals surface area (Å²) >= 11 is 0. The molecule has 2 aromatic carbocycles. The predicted octanol–water partition coefficient (Wildman–Crippen LogP) is 3.02. The molecule has 0 bridgehead atoms. The van der Waals surface area contributed by atoms with Crippen molar-refractivity contribution in [1.82, 2.24) is 5.06 Å². The van der Waals surface area contributed by atoms with E-state index in [0.29, 0.717) is 12.2 Å². The van der Waals surface area contributed by atoms with Crippen LogP contribution in [-0.2, 0) is 16.2 Å². The average Bonchev–Trinajstić information content (AvgIpc) is 2.60. The van der Waals surface area contributed by atoms with Gasteiger partial charge < -0.3 is 9.84 Å². The van der Waals surface area contributed by atoms with E-state index in [4.69, 9.17) is 9.57 Å². The smallest absolute Gasteiger partial charge is 0.248 e. The number of rotatable bonds is 7. The Bertz CT molecular complexity index is 672. The molecule has 1 unspecified atom stereocenters. The summed E-state index contributed by atoms with van der Waals surface area (Å²) in [7, 11) is 2.93. The Balaban J connectivity index is 1.99. The third-order valence-corrected chi connectivity index (χ3v) is 3.84. The lowest BCUT2D eigenvalue weighted by Crippen LogP contribution is -2.27. The van der Waals surface area contributed by atoms with Gasteiger partial charge >= 0.3 is 0 Å². The molecule has 0 aliphatic carbocycles. The maximum Gasteiger partial charge on any atom is 0.248 e. The zero-order chi connectivity index (χ0) is 17.5. The fourth-order valence-electron chi connectivity index (χ4n) is 2.36. The van der Waals surface area contributed by atoms with E-state index in [0.717, 1.165) is 21.9 Å². The van der Waals surface area contributed by atoms with Crippen LogP contribution in [-0.4, -0.2) is 30.2 Å². The molecule has 2 rings (SSSR count). The number of hydrogen-bond acceptors (Lipinski definition) is 4. The first kappa shape index (κ1) is 18.0. The molecule has 0 fully saturated rings. The molecular weight excluding hydrogens is 306 g/mol. The SMILES string of the molecule is CON(C)C(=O)CC(O)c1ccc(OCc2ccccc2)cc1C. The zero-order valence-electron chi connectivity index (χ0n) is 14.2. The lowest BCUT2D eigenvalue weighted by molar-refractivity contribution is -0.170. The van der Waals surface area contributed by atoms with Crippen molar-refractivity contribution in [3.05, 3.63) is 65.2 Å². The fourth-order valence-corrected chi connectivity index (χ4v) is 2.36. The van der Waals surface area contributed by atoms with E-state index in [1.165, 1.54) is 14.2 Å². The van der Waals surface area contributed by atoms with E-state index in [-0.39, 0.29) is 12.3 Å². The van der Waals surface area contributed by atoms with E-state index in [1.807, 2.05) is 43.3 Å². The summed E-state index contributed by atoms with van der Waals surface area (Å²) in [6.45, 7) is 2.37. The summed E-state index contributed by atoms with van der Waals surface area (Å²) in [5.41, 5.74) is 2.67. The van der Waals surface area contributed by atoms with Crippen LogP contribution >= 0.6 is 0 Å². The highest BCUT2D eigenvalue weighted by Crippen LogP contribution is 2.25. The number of carbonyl (C=O) groups excluding carboxylic acids is 1. The lowest BCUT2D eigenvalue weighted by Gasteiger charge is -2.18. The van der Waals surface area contributed by atoms with Gasteiger partial charge in [-0.15, -0.1) is 0 Å². The van der Waals surface area contributed by atoms with Crippen molar-refractivity contribution in [3.63, 3.8) is 0 Å². The first-order chi connectivity index (χ1) is 11.5. The number of aliphatic hydroxyl groups is 1. The van der Waals surface area contributed by atoms with Crippen molar-refractivity contribution in [3.8, 4) is 5.75 Å². The number of hydroxylamine groups is 2. The van der Waals surface area contributed by atoms with Gasteiger partial charge in [0.15, 0.2) is 0 Å². The van der Waals surface area contributed by atoms with Gasteiger partial charge in [0, 0.05) is 7.05 Å². The van der Waals surface area contributed by atoms with Gasteiger partial charge in [0.25, 0.3) is 0 Å². The van der Waals surface area contributed by atoms with Crippen molar-refractivity contribution in [1.29, 1.82) is 0 Å². The number of amides is 1. The molecule has 0 aliphatic rings. The van der Waals surface area contributed by atoms with Crippen molar-refractivity contribution in [2.75, 3.05) is 14.2 Å². The largest absolute Gasteiger partial charge is 0.489 e. The summed E-state index contributed by atoms with van der Waals surface area (Å²) in [6.07, 6.45) is -0.909. The van der Waals surface area contributed by atoms with Crippen molar-refractivity contribution >= 4 is 5.91 Å². The summed E-state index contributed by atoms with van der Waals surface area (Å²) in [4.78, 5) is 16.6. The fraction of sp³-hybridized carbons (Fsp3) is 0.316. The Hall–Kier alpha value is -2.37. The normalized spacial score (nSPS) is 11.8. The summed E-state index contributed by atoms with van der Waals surface area (Å²) in [5.74, 6) is 0.446. The molecule has 0 aromatic heterocycles. The van der Waals surface area contributed by atoms with E-state index in [9.17, 15) is 9.90 Å². The molecule has 1 atom stereocenters. The second-order valence-corrected chi connectivity index (χ2v) is 5.59. The topological polar surface area (TPSA) is 59.0 Å². The van der Waals surface area contributed by atoms with Gasteiger partial charge in [0.1, 0.15) is 12.4 Å². The first-order valence-corrected chi connectivity index (χ1v) is 7.77. The molecule has 1 amide bonds. The van der Waals surface area contributed by atoms with Gasteiger partial charge in [-0.1, -0.05) is 36.4 Å². The molecule has 1 N–H and O–H groups in total. The van der Waals surface area contributed by atoms with Crippen molar-refractivity contribution < 1.29 is 19.5 Å². The Kier molecular flexibility index (Phi) is 6.35. The van der Waals surface area contributed by atoms with Crippen LogP contribution in [0.2, 0.25) is 0 Å². The number of hydrogen-bond donors (Lipinski definition) is 1. The minimum absolute atomic E-state index is 0.0323. The quantitative estimate of drug-likeness (QED) is 0.793. The lowest BCUT2D eigenvalue weighted by atomic mass is 10.0. The van der Waals surface area contributed by atoms with Crippen LogP contribution in [0.25, 0.3) is 0 Å². The van der Waals surface area contributed by atoms with Crippen molar-refractivity contribution in [2.24, 2.45) is 0 Å². The minimum Gasteiger partial charge on any atom is -0.489 e. The Morgan fingerprint density at radius 3 is 2.54 bits per heavy atom. The van der Waals surface area contributed by atoms with Gasteiger partial charge in [-0.2, -0.15) is 0 Å². The van der Waals surface area contributed by atoms with Gasteiger partial charge in [0.05, 0.1) is 19.6 Å².